The molecule has 1 spiro atoms. The number of anilines is 1. The van der Waals surface area contributed by atoms with E-state index in [1.165, 1.54) is 39.5 Å². The SMILES string of the molecule is CC(C)(C)OC(=O)N1CC(CCc2c(F)cccc2NC(=O)[C@@H](N=[N+]=[N-])[C@@H](c2ccc(Cl)cc2)c2cc(F)cc(F)c2)OC2(CCN(S(C)(=O)=O)CC2)C1. The molecule has 2 aliphatic rings. The first kappa shape index (κ1) is 40.8. The van der Waals surface area contributed by atoms with Crippen molar-refractivity contribution in [1.82, 2.24) is 9.21 Å². The van der Waals surface area contributed by atoms with Gasteiger partial charge >= 0.3 is 6.09 Å². The number of nitrogens with zero attached hydrogens (tertiary/aromatic N) is 5. The molecular formula is C37H42ClF3N6O6S. The third-order valence-corrected chi connectivity index (χ3v) is 11.0. The highest BCUT2D eigenvalue weighted by Crippen LogP contribution is 2.37. The van der Waals surface area contributed by atoms with Gasteiger partial charge in [-0.2, -0.15) is 0 Å². The maximum Gasteiger partial charge on any atom is 0.410 e. The third kappa shape index (κ3) is 10.2. The number of sulfonamides is 1. The second-order valence-electron chi connectivity index (χ2n) is 14.6. The lowest BCUT2D eigenvalue weighted by molar-refractivity contribution is -0.169. The van der Waals surface area contributed by atoms with Crippen LogP contribution < -0.4 is 5.32 Å². The highest BCUT2D eigenvalue weighted by molar-refractivity contribution is 7.88. The van der Waals surface area contributed by atoms with Gasteiger partial charge in [-0.15, -0.1) is 0 Å². The molecule has 290 valence electrons. The van der Waals surface area contributed by atoms with E-state index in [1.54, 1.807) is 32.9 Å². The number of morpholine rings is 1. The molecule has 3 atom stereocenters. The number of nitrogens with one attached hydrogen (secondary N) is 1. The van der Waals surface area contributed by atoms with E-state index < -0.39 is 68.7 Å². The number of hydrogen-bond donors (Lipinski definition) is 1. The summed E-state index contributed by atoms with van der Waals surface area (Å²) in [6.07, 6.45) is 0.827. The number of carbonyl (C=O) groups excluding carboxylic acids is 2. The van der Waals surface area contributed by atoms with E-state index in [0.29, 0.717) is 29.5 Å². The fourth-order valence-corrected chi connectivity index (χ4v) is 7.93. The molecule has 0 radical (unpaired) electrons. The van der Waals surface area contributed by atoms with Gasteiger partial charge in [-0.05, 0) is 99.5 Å². The minimum atomic E-state index is -3.44. The lowest BCUT2D eigenvalue weighted by Gasteiger charge is -2.49. The molecule has 3 aromatic rings. The number of ether oxygens (including phenoxy) is 2. The summed E-state index contributed by atoms with van der Waals surface area (Å²) in [6.45, 7) is 5.94. The molecule has 2 amide bonds. The maximum atomic E-state index is 15.6. The Hall–Kier alpha value is -4.34. The molecule has 17 heteroatoms. The first-order valence-corrected chi connectivity index (χ1v) is 19.5. The Morgan fingerprint density at radius 1 is 1.07 bits per heavy atom. The van der Waals surface area contributed by atoms with Crippen molar-refractivity contribution in [2.45, 2.75) is 75.7 Å². The Morgan fingerprint density at radius 2 is 1.72 bits per heavy atom. The zero-order valence-corrected chi connectivity index (χ0v) is 31.8. The highest BCUT2D eigenvalue weighted by atomic mass is 35.5. The maximum absolute atomic E-state index is 15.6. The molecule has 0 aliphatic carbocycles. The number of carbonyl (C=O) groups is 2. The molecule has 54 heavy (non-hydrogen) atoms. The van der Waals surface area contributed by atoms with E-state index in [2.05, 4.69) is 15.3 Å². The number of azide groups is 1. The summed E-state index contributed by atoms with van der Waals surface area (Å²) in [6, 6.07) is 11.4. The molecule has 1 N–H and O–H groups in total. The summed E-state index contributed by atoms with van der Waals surface area (Å²) in [4.78, 5) is 31.7. The summed E-state index contributed by atoms with van der Waals surface area (Å²) < 4.78 is 82.6. The van der Waals surface area contributed by atoms with Crippen LogP contribution in [0.15, 0.2) is 65.8 Å². The first-order valence-electron chi connectivity index (χ1n) is 17.3. The van der Waals surface area contributed by atoms with Crippen LogP contribution in [0, 0.1) is 17.5 Å². The number of hydrogen-bond acceptors (Lipinski definition) is 7. The van der Waals surface area contributed by atoms with Crippen molar-refractivity contribution >= 4 is 39.3 Å². The van der Waals surface area contributed by atoms with Crippen LogP contribution in [-0.4, -0.2) is 85.4 Å². The number of rotatable bonds is 10. The molecule has 2 fully saturated rings. The van der Waals surface area contributed by atoms with E-state index in [0.717, 1.165) is 18.4 Å². The number of amides is 2. The second kappa shape index (κ2) is 16.6. The minimum absolute atomic E-state index is 0.0159. The highest BCUT2D eigenvalue weighted by Gasteiger charge is 2.46. The van der Waals surface area contributed by atoms with Crippen LogP contribution in [-0.2, 0) is 30.7 Å². The Morgan fingerprint density at radius 3 is 2.31 bits per heavy atom. The number of benzene rings is 3. The van der Waals surface area contributed by atoms with E-state index in [1.807, 2.05) is 0 Å². The Kier molecular flexibility index (Phi) is 12.5. The predicted octanol–water partition coefficient (Wildman–Crippen LogP) is 7.57. The smallest absolute Gasteiger partial charge is 0.410 e. The fraction of sp³-hybridized carbons (Fsp3) is 0.459. The number of halogens is 4. The van der Waals surface area contributed by atoms with E-state index in [9.17, 15) is 32.3 Å². The molecule has 2 heterocycles. The topological polar surface area (TPSA) is 154 Å². The van der Waals surface area contributed by atoms with E-state index in [-0.39, 0.29) is 55.8 Å². The van der Waals surface area contributed by atoms with Crippen molar-refractivity contribution in [2.24, 2.45) is 5.11 Å². The number of piperidine rings is 1. The van der Waals surface area contributed by atoms with Gasteiger partial charge in [0.25, 0.3) is 0 Å². The molecule has 2 aliphatic heterocycles. The second-order valence-corrected chi connectivity index (χ2v) is 17.0. The van der Waals surface area contributed by atoms with Crippen molar-refractivity contribution < 1.29 is 40.7 Å². The van der Waals surface area contributed by atoms with Gasteiger partial charge in [-0.3, -0.25) is 4.79 Å². The van der Waals surface area contributed by atoms with Gasteiger partial charge in [0.2, 0.25) is 15.9 Å². The standard InChI is InChI=1S/C37H42ClF3N6O6S/c1-36(2,3)53-35(49)46-21-28(52-37(22-46)14-16-47(17-15-37)54(4,50)51)12-13-29-30(41)6-5-7-31(29)43-34(48)33(44-45-42)32(23-8-10-25(38)11-9-23)24-18-26(39)20-27(40)19-24/h5-11,18-20,28,32-33H,12-17,21-22H2,1-4H3,(H,43,48)/t28?,32-,33-/m0/s1. The van der Waals surface area contributed by atoms with Crippen molar-refractivity contribution in [3.63, 3.8) is 0 Å². The van der Waals surface area contributed by atoms with Crippen LogP contribution in [0.5, 0.6) is 0 Å². The van der Waals surface area contributed by atoms with Crippen LogP contribution >= 0.6 is 11.6 Å². The molecule has 12 nitrogen and oxygen atoms in total. The largest absolute Gasteiger partial charge is 0.444 e. The molecular weight excluding hydrogens is 749 g/mol. The Balaban J connectivity index is 1.41. The zero-order valence-electron chi connectivity index (χ0n) is 30.3. The fourth-order valence-electron chi connectivity index (χ4n) is 6.95. The molecule has 3 aromatic carbocycles. The summed E-state index contributed by atoms with van der Waals surface area (Å²) >= 11 is 6.08. The average molecular weight is 791 g/mol. The normalized spacial score (nSPS) is 18.7. The molecule has 0 saturated carbocycles. The molecule has 0 aromatic heterocycles. The van der Waals surface area contributed by atoms with Gasteiger partial charge in [0.05, 0.1) is 31.1 Å². The lowest BCUT2D eigenvalue weighted by Crippen LogP contribution is -2.61. The molecule has 2 saturated heterocycles. The quantitative estimate of drug-likeness (QED) is 0.127. The van der Waals surface area contributed by atoms with Crippen LogP contribution in [0.1, 0.15) is 62.6 Å². The van der Waals surface area contributed by atoms with Gasteiger partial charge in [0, 0.05) is 46.3 Å². The monoisotopic (exact) mass is 790 g/mol. The van der Waals surface area contributed by atoms with E-state index >= 15 is 4.39 Å². The van der Waals surface area contributed by atoms with Crippen molar-refractivity contribution in [3.8, 4) is 0 Å². The van der Waals surface area contributed by atoms with Gasteiger partial charge in [0.15, 0.2) is 0 Å². The van der Waals surface area contributed by atoms with Crippen LogP contribution in [0.3, 0.4) is 0 Å². The lowest BCUT2D eigenvalue weighted by atomic mass is 9.84. The van der Waals surface area contributed by atoms with Crippen LogP contribution in [0.4, 0.5) is 23.7 Å². The van der Waals surface area contributed by atoms with Gasteiger partial charge in [-0.1, -0.05) is 34.9 Å². The zero-order chi connectivity index (χ0) is 39.4. The first-order chi connectivity index (χ1) is 25.4. The minimum Gasteiger partial charge on any atom is -0.444 e. The Bertz CT molecular complexity index is 2000. The van der Waals surface area contributed by atoms with Crippen molar-refractivity contribution in [1.29, 1.82) is 0 Å². The van der Waals surface area contributed by atoms with Gasteiger partial charge in [-0.25, -0.2) is 30.7 Å². The summed E-state index contributed by atoms with van der Waals surface area (Å²) in [7, 11) is -3.44. The average Bonchev–Trinajstić information content (AvgIpc) is 3.07. The van der Waals surface area contributed by atoms with Gasteiger partial charge < -0.3 is 19.7 Å². The van der Waals surface area contributed by atoms with Gasteiger partial charge in [0.1, 0.15) is 29.1 Å². The van der Waals surface area contributed by atoms with Crippen LogP contribution in [0.2, 0.25) is 5.02 Å². The van der Waals surface area contributed by atoms with E-state index in [4.69, 9.17) is 21.1 Å². The summed E-state index contributed by atoms with van der Waals surface area (Å²) in [5.41, 5.74) is 8.43. The molecule has 1 unspecified atom stereocenters. The summed E-state index contributed by atoms with van der Waals surface area (Å²) in [5, 5.41) is 6.76. The van der Waals surface area contributed by atoms with Crippen LogP contribution in [0.25, 0.3) is 10.4 Å². The molecule has 5 rings (SSSR count). The molecule has 0 bridgehead atoms. The summed E-state index contributed by atoms with van der Waals surface area (Å²) in [5.74, 6) is -4.50. The van der Waals surface area contributed by atoms with Crippen molar-refractivity contribution in [2.75, 3.05) is 37.8 Å². The van der Waals surface area contributed by atoms with Crippen molar-refractivity contribution in [3.05, 3.63) is 110 Å². The Labute approximate surface area is 317 Å². The predicted molar refractivity (Wildman–Crippen MR) is 197 cm³/mol. The third-order valence-electron chi connectivity index (χ3n) is 9.40.